The second-order valence-electron chi connectivity index (χ2n) is 5.19. The minimum atomic E-state index is -0.187. The van der Waals surface area contributed by atoms with Crippen molar-refractivity contribution < 1.29 is 4.39 Å². The Morgan fingerprint density at radius 1 is 1.10 bits per heavy atom. The number of nitrogens with two attached hydrogens (primary N) is 1. The Morgan fingerprint density at radius 3 is 2.45 bits per heavy atom. The molecule has 0 radical (unpaired) electrons. The second kappa shape index (κ2) is 6.42. The lowest BCUT2D eigenvalue weighted by molar-refractivity contribution is 0.592. The van der Waals surface area contributed by atoms with E-state index < -0.39 is 0 Å². The summed E-state index contributed by atoms with van der Waals surface area (Å²) in [5.41, 5.74) is 9.16. The number of rotatable bonds is 4. The summed E-state index contributed by atoms with van der Waals surface area (Å²) in [6.07, 6.45) is 0. The van der Waals surface area contributed by atoms with Gasteiger partial charge in [0.2, 0.25) is 0 Å². The van der Waals surface area contributed by atoms with Crippen LogP contribution in [-0.4, -0.2) is 6.04 Å². The van der Waals surface area contributed by atoms with Gasteiger partial charge in [0.15, 0.2) is 0 Å². The van der Waals surface area contributed by atoms with Crippen LogP contribution in [0.3, 0.4) is 0 Å². The third-order valence-electron chi connectivity index (χ3n) is 3.29. The van der Waals surface area contributed by atoms with Gasteiger partial charge in [0.1, 0.15) is 5.82 Å². The van der Waals surface area contributed by atoms with E-state index in [0.29, 0.717) is 5.56 Å². The Balaban J connectivity index is 2.36. The molecule has 0 spiro atoms. The van der Waals surface area contributed by atoms with Gasteiger partial charge in [0.25, 0.3) is 0 Å². The molecule has 1 nitrogen and oxygen atoms in total. The van der Waals surface area contributed by atoms with Crippen LogP contribution >= 0.6 is 11.8 Å². The fourth-order valence-corrected chi connectivity index (χ4v) is 3.45. The average Bonchev–Trinajstić information content (AvgIpc) is 2.40. The molecule has 2 rings (SSSR count). The predicted octanol–water partition coefficient (Wildman–Crippen LogP) is 4.62. The standard InChI is InChI=1S/C17H20FNS/c1-11-8-9-12(2)16(10-11)20-17(13(3)19)14-6-4-5-7-15(14)18/h4-10,13,17H,19H2,1-3H3. The Morgan fingerprint density at radius 2 is 1.80 bits per heavy atom. The van der Waals surface area contributed by atoms with Crippen molar-refractivity contribution in [3.8, 4) is 0 Å². The fraction of sp³-hybridized carbons (Fsp3) is 0.294. The SMILES string of the molecule is Cc1ccc(C)c(SC(c2ccccc2F)C(C)N)c1. The topological polar surface area (TPSA) is 26.0 Å². The molecule has 106 valence electrons. The molecule has 0 amide bonds. The van der Waals surface area contributed by atoms with Gasteiger partial charge in [-0.3, -0.25) is 0 Å². The molecule has 0 bridgehead atoms. The molecule has 2 atom stereocenters. The van der Waals surface area contributed by atoms with Gasteiger partial charge in [0.05, 0.1) is 5.25 Å². The van der Waals surface area contributed by atoms with Crippen LogP contribution in [0, 0.1) is 19.7 Å². The molecule has 0 saturated heterocycles. The van der Waals surface area contributed by atoms with E-state index in [1.165, 1.54) is 17.2 Å². The predicted molar refractivity (Wildman–Crippen MR) is 84.6 cm³/mol. The molecule has 0 saturated carbocycles. The van der Waals surface area contributed by atoms with Gasteiger partial charge >= 0.3 is 0 Å². The van der Waals surface area contributed by atoms with E-state index >= 15 is 0 Å². The van der Waals surface area contributed by atoms with E-state index in [-0.39, 0.29) is 17.1 Å². The van der Waals surface area contributed by atoms with Crippen molar-refractivity contribution in [1.29, 1.82) is 0 Å². The van der Waals surface area contributed by atoms with Crippen molar-refractivity contribution in [2.24, 2.45) is 5.73 Å². The zero-order valence-electron chi connectivity index (χ0n) is 12.1. The van der Waals surface area contributed by atoms with Crippen LogP contribution < -0.4 is 5.73 Å². The van der Waals surface area contributed by atoms with Crippen molar-refractivity contribution in [2.45, 2.75) is 37.0 Å². The first-order chi connectivity index (χ1) is 9.49. The smallest absolute Gasteiger partial charge is 0.127 e. The van der Waals surface area contributed by atoms with Gasteiger partial charge in [-0.05, 0) is 38.5 Å². The monoisotopic (exact) mass is 289 g/mol. The summed E-state index contributed by atoms with van der Waals surface area (Å²) in [5, 5.41) is -0.0864. The summed E-state index contributed by atoms with van der Waals surface area (Å²) < 4.78 is 14.0. The van der Waals surface area contributed by atoms with Gasteiger partial charge in [-0.15, -0.1) is 11.8 Å². The van der Waals surface area contributed by atoms with E-state index in [0.717, 1.165) is 4.90 Å². The lowest BCUT2D eigenvalue weighted by Crippen LogP contribution is -2.23. The van der Waals surface area contributed by atoms with Crippen LogP contribution in [0.1, 0.15) is 28.9 Å². The summed E-state index contributed by atoms with van der Waals surface area (Å²) in [7, 11) is 0. The van der Waals surface area contributed by atoms with Crippen LogP contribution in [0.15, 0.2) is 47.4 Å². The van der Waals surface area contributed by atoms with E-state index in [9.17, 15) is 4.39 Å². The number of hydrogen-bond acceptors (Lipinski definition) is 2. The highest BCUT2D eigenvalue weighted by atomic mass is 32.2. The molecule has 0 aliphatic carbocycles. The lowest BCUT2D eigenvalue weighted by atomic mass is 10.1. The van der Waals surface area contributed by atoms with Crippen LogP contribution in [0.25, 0.3) is 0 Å². The number of halogens is 1. The van der Waals surface area contributed by atoms with Crippen molar-refractivity contribution >= 4 is 11.8 Å². The Hall–Kier alpha value is -1.32. The molecular formula is C17H20FNS. The largest absolute Gasteiger partial charge is 0.327 e. The number of aryl methyl sites for hydroxylation is 2. The molecular weight excluding hydrogens is 269 g/mol. The number of hydrogen-bond donors (Lipinski definition) is 1. The van der Waals surface area contributed by atoms with Gasteiger partial charge in [0, 0.05) is 16.5 Å². The van der Waals surface area contributed by atoms with E-state index in [1.807, 2.05) is 19.1 Å². The molecule has 2 aromatic carbocycles. The Bertz CT molecular complexity index is 595. The maximum Gasteiger partial charge on any atom is 0.127 e. The van der Waals surface area contributed by atoms with Crippen LogP contribution in [0.2, 0.25) is 0 Å². The van der Waals surface area contributed by atoms with Crippen LogP contribution in [-0.2, 0) is 0 Å². The highest BCUT2D eigenvalue weighted by Crippen LogP contribution is 2.39. The third kappa shape index (κ3) is 3.41. The average molecular weight is 289 g/mol. The van der Waals surface area contributed by atoms with Crippen molar-refractivity contribution in [3.05, 3.63) is 65.0 Å². The quantitative estimate of drug-likeness (QED) is 0.831. The van der Waals surface area contributed by atoms with E-state index in [2.05, 4.69) is 32.0 Å². The minimum Gasteiger partial charge on any atom is -0.327 e. The van der Waals surface area contributed by atoms with Gasteiger partial charge in [-0.25, -0.2) is 4.39 Å². The molecule has 3 heteroatoms. The Labute approximate surface area is 124 Å². The summed E-state index contributed by atoms with van der Waals surface area (Å²) >= 11 is 1.64. The fourth-order valence-electron chi connectivity index (χ4n) is 2.13. The van der Waals surface area contributed by atoms with Gasteiger partial charge < -0.3 is 5.73 Å². The first kappa shape index (κ1) is 15.1. The third-order valence-corrected chi connectivity index (χ3v) is 4.92. The Kier molecular flexibility index (Phi) is 4.84. The van der Waals surface area contributed by atoms with Gasteiger partial charge in [-0.1, -0.05) is 35.9 Å². The lowest BCUT2D eigenvalue weighted by Gasteiger charge is -2.22. The second-order valence-corrected chi connectivity index (χ2v) is 6.37. The van der Waals surface area contributed by atoms with E-state index in [4.69, 9.17) is 5.73 Å². The maximum absolute atomic E-state index is 14.0. The number of benzene rings is 2. The molecule has 0 aliphatic rings. The molecule has 2 unspecified atom stereocenters. The summed E-state index contributed by atoms with van der Waals surface area (Å²) in [5.74, 6) is -0.187. The highest BCUT2D eigenvalue weighted by molar-refractivity contribution is 7.99. The van der Waals surface area contributed by atoms with Crippen LogP contribution in [0.4, 0.5) is 4.39 Å². The first-order valence-corrected chi connectivity index (χ1v) is 7.61. The first-order valence-electron chi connectivity index (χ1n) is 6.73. The van der Waals surface area contributed by atoms with Gasteiger partial charge in [-0.2, -0.15) is 0 Å². The summed E-state index contributed by atoms with van der Waals surface area (Å²) in [6, 6.07) is 13.1. The zero-order chi connectivity index (χ0) is 14.7. The molecule has 0 fully saturated rings. The van der Waals surface area contributed by atoms with Crippen LogP contribution in [0.5, 0.6) is 0 Å². The van der Waals surface area contributed by atoms with E-state index in [1.54, 1.807) is 17.8 Å². The summed E-state index contributed by atoms with van der Waals surface area (Å²) in [4.78, 5) is 1.16. The molecule has 0 aromatic heterocycles. The number of thioether (sulfide) groups is 1. The molecule has 0 heterocycles. The highest BCUT2D eigenvalue weighted by Gasteiger charge is 2.21. The zero-order valence-corrected chi connectivity index (χ0v) is 12.9. The van der Waals surface area contributed by atoms with Crippen molar-refractivity contribution in [1.82, 2.24) is 0 Å². The van der Waals surface area contributed by atoms with Crippen molar-refractivity contribution in [3.63, 3.8) is 0 Å². The summed E-state index contributed by atoms with van der Waals surface area (Å²) in [6.45, 7) is 6.06. The molecule has 0 aliphatic heterocycles. The molecule has 20 heavy (non-hydrogen) atoms. The molecule has 2 aromatic rings. The minimum absolute atomic E-state index is 0.0864. The molecule has 2 N–H and O–H groups in total. The van der Waals surface area contributed by atoms with Crippen molar-refractivity contribution in [2.75, 3.05) is 0 Å². The maximum atomic E-state index is 14.0. The normalized spacial score (nSPS) is 14.1.